The van der Waals surface area contributed by atoms with Crippen molar-refractivity contribution >= 4 is 0 Å². The van der Waals surface area contributed by atoms with Gasteiger partial charge in [0.2, 0.25) is 0 Å². The molecule has 0 aliphatic heterocycles. The summed E-state index contributed by atoms with van der Waals surface area (Å²) in [5.41, 5.74) is 1.39. The summed E-state index contributed by atoms with van der Waals surface area (Å²) in [6.45, 7) is 11.8. The highest BCUT2D eigenvalue weighted by Gasteiger charge is 2.20. The van der Waals surface area contributed by atoms with Crippen molar-refractivity contribution in [1.82, 2.24) is 10.2 Å². The molecule has 0 aliphatic carbocycles. The second-order valence-electron chi connectivity index (χ2n) is 5.71. The molecule has 2 atom stereocenters. The lowest BCUT2D eigenvalue weighted by Crippen LogP contribution is -2.37. The van der Waals surface area contributed by atoms with Crippen molar-refractivity contribution in [3.63, 3.8) is 0 Å². The molecule has 1 aromatic carbocycles. The van der Waals surface area contributed by atoms with E-state index in [1.807, 2.05) is 0 Å². The van der Waals surface area contributed by atoms with Gasteiger partial charge in [-0.25, -0.2) is 0 Å². The lowest BCUT2D eigenvalue weighted by Gasteiger charge is -2.30. The molecule has 21 heavy (non-hydrogen) atoms. The molecule has 3 heteroatoms. The van der Waals surface area contributed by atoms with Crippen LogP contribution < -0.4 is 5.32 Å². The van der Waals surface area contributed by atoms with Crippen LogP contribution in [0.1, 0.15) is 38.8 Å². The van der Waals surface area contributed by atoms with Crippen LogP contribution in [0.15, 0.2) is 30.3 Å². The van der Waals surface area contributed by atoms with Crippen LogP contribution in [-0.2, 0) is 4.74 Å². The molecule has 0 aromatic heterocycles. The highest BCUT2D eigenvalue weighted by Crippen LogP contribution is 2.22. The van der Waals surface area contributed by atoms with Gasteiger partial charge in [0.15, 0.2) is 0 Å². The number of hydrogen-bond acceptors (Lipinski definition) is 3. The van der Waals surface area contributed by atoms with E-state index in [2.05, 4.69) is 61.3 Å². The molecule has 1 rings (SSSR count). The first-order valence-electron chi connectivity index (χ1n) is 8.22. The molecule has 0 saturated carbocycles. The van der Waals surface area contributed by atoms with Gasteiger partial charge in [-0.2, -0.15) is 0 Å². The van der Waals surface area contributed by atoms with Crippen LogP contribution in [0.5, 0.6) is 0 Å². The largest absolute Gasteiger partial charge is 0.383 e. The van der Waals surface area contributed by atoms with Crippen molar-refractivity contribution in [2.24, 2.45) is 5.92 Å². The minimum atomic E-state index is 0.419. The normalized spacial score (nSPS) is 14.3. The SMILES string of the molecule is CCCNC(c1ccccc1)C(C)CN(CC)CCOC. The lowest BCUT2D eigenvalue weighted by atomic mass is 9.93. The predicted octanol–water partition coefficient (Wildman–Crippen LogP) is 3.33. The molecule has 0 amide bonds. The molecule has 1 aromatic rings. The van der Waals surface area contributed by atoms with Crippen molar-refractivity contribution in [3.05, 3.63) is 35.9 Å². The summed E-state index contributed by atoms with van der Waals surface area (Å²) in [6.07, 6.45) is 1.16. The average molecular weight is 292 g/mol. The molecule has 2 unspecified atom stereocenters. The Hall–Kier alpha value is -0.900. The maximum Gasteiger partial charge on any atom is 0.0589 e. The molecule has 0 aliphatic rings. The summed E-state index contributed by atoms with van der Waals surface area (Å²) in [7, 11) is 1.77. The second-order valence-corrected chi connectivity index (χ2v) is 5.71. The van der Waals surface area contributed by atoms with E-state index in [1.165, 1.54) is 5.56 Å². The maximum absolute atomic E-state index is 5.21. The number of likely N-dealkylation sites (N-methyl/N-ethyl adjacent to an activating group) is 1. The zero-order valence-corrected chi connectivity index (χ0v) is 14.1. The molecule has 0 bridgehead atoms. The molecule has 0 spiro atoms. The van der Waals surface area contributed by atoms with E-state index in [1.54, 1.807) is 7.11 Å². The Morgan fingerprint density at radius 2 is 1.90 bits per heavy atom. The second kappa shape index (κ2) is 10.8. The van der Waals surface area contributed by atoms with Gasteiger partial charge in [-0.3, -0.25) is 0 Å². The Labute approximate surface area is 130 Å². The molecule has 0 heterocycles. The number of nitrogens with one attached hydrogen (secondary N) is 1. The highest BCUT2D eigenvalue weighted by molar-refractivity contribution is 5.19. The van der Waals surface area contributed by atoms with E-state index >= 15 is 0 Å². The number of rotatable bonds is 11. The smallest absolute Gasteiger partial charge is 0.0589 e. The third-order valence-corrected chi connectivity index (χ3v) is 3.95. The van der Waals surface area contributed by atoms with Gasteiger partial charge in [0.05, 0.1) is 6.61 Å². The van der Waals surface area contributed by atoms with Crippen LogP contribution in [0.3, 0.4) is 0 Å². The predicted molar refractivity (Wildman–Crippen MR) is 90.6 cm³/mol. The van der Waals surface area contributed by atoms with E-state index < -0.39 is 0 Å². The van der Waals surface area contributed by atoms with Crippen molar-refractivity contribution in [2.45, 2.75) is 33.2 Å². The van der Waals surface area contributed by atoms with Gasteiger partial charge in [0, 0.05) is 26.2 Å². The zero-order valence-electron chi connectivity index (χ0n) is 14.1. The fraction of sp³-hybridized carbons (Fsp3) is 0.667. The quantitative estimate of drug-likeness (QED) is 0.677. The molecular weight excluding hydrogens is 260 g/mol. The molecule has 120 valence electrons. The Kier molecular flexibility index (Phi) is 9.31. The summed E-state index contributed by atoms with van der Waals surface area (Å²) >= 11 is 0. The Bertz CT molecular complexity index is 355. The number of methoxy groups -OCH3 is 1. The van der Waals surface area contributed by atoms with Crippen LogP contribution in [-0.4, -0.2) is 44.8 Å². The first-order valence-corrected chi connectivity index (χ1v) is 8.22. The molecule has 0 radical (unpaired) electrons. The summed E-state index contributed by atoms with van der Waals surface area (Å²) in [5.74, 6) is 0.566. The lowest BCUT2D eigenvalue weighted by molar-refractivity contribution is 0.135. The first kappa shape index (κ1) is 18.1. The number of hydrogen-bond donors (Lipinski definition) is 1. The van der Waals surface area contributed by atoms with E-state index in [4.69, 9.17) is 4.74 Å². The minimum absolute atomic E-state index is 0.419. The first-order chi connectivity index (χ1) is 10.2. The van der Waals surface area contributed by atoms with Crippen molar-refractivity contribution in [2.75, 3.05) is 39.9 Å². The van der Waals surface area contributed by atoms with Gasteiger partial charge in [-0.15, -0.1) is 0 Å². The average Bonchev–Trinajstić information content (AvgIpc) is 2.52. The minimum Gasteiger partial charge on any atom is -0.383 e. The summed E-state index contributed by atoms with van der Waals surface area (Å²) in [4.78, 5) is 2.47. The standard InChI is InChI=1S/C18H32N2O/c1-5-12-19-18(17-10-8-7-9-11-17)16(3)15-20(6-2)13-14-21-4/h7-11,16,18-19H,5-6,12-15H2,1-4H3. The van der Waals surface area contributed by atoms with Crippen molar-refractivity contribution < 1.29 is 4.74 Å². The Balaban J connectivity index is 2.68. The topological polar surface area (TPSA) is 24.5 Å². The number of benzene rings is 1. The van der Waals surface area contributed by atoms with Crippen molar-refractivity contribution in [3.8, 4) is 0 Å². The van der Waals surface area contributed by atoms with E-state index in [0.29, 0.717) is 12.0 Å². The van der Waals surface area contributed by atoms with Gasteiger partial charge in [-0.1, -0.05) is 51.1 Å². The van der Waals surface area contributed by atoms with Crippen LogP contribution in [0, 0.1) is 5.92 Å². The van der Waals surface area contributed by atoms with Crippen LogP contribution >= 0.6 is 0 Å². The third-order valence-electron chi connectivity index (χ3n) is 3.95. The summed E-state index contributed by atoms with van der Waals surface area (Å²) < 4.78 is 5.21. The van der Waals surface area contributed by atoms with E-state index in [-0.39, 0.29) is 0 Å². The van der Waals surface area contributed by atoms with Gasteiger partial charge in [0.25, 0.3) is 0 Å². The van der Waals surface area contributed by atoms with Gasteiger partial charge in [0.1, 0.15) is 0 Å². The van der Waals surface area contributed by atoms with Crippen molar-refractivity contribution in [1.29, 1.82) is 0 Å². The third kappa shape index (κ3) is 6.60. The zero-order chi connectivity index (χ0) is 15.5. The summed E-state index contributed by atoms with van der Waals surface area (Å²) in [5, 5.41) is 3.71. The molecule has 3 nitrogen and oxygen atoms in total. The monoisotopic (exact) mass is 292 g/mol. The fourth-order valence-corrected chi connectivity index (χ4v) is 2.72. The fourth-order valence-electron chi connectivity index (χ4n) is 2.72. The van der Waals surface area contributed by atoms with Crippen LogP contribution in [0.4, 0.5) is 0 Å². The molecule has 1 N–H and O–H groups in total. The molecular formula is C18H32N2O. The number of nitrogens with zero attached hydrogens (tertiary/aromatic N) is 1. The van der Waals surface area contributed by atoms with Crippen LogP contribution in [0.25, 0.3) is 0 Å². The highest BCUT2D eigenvalue weighted by atomic mass is 16.5. The van der Waals surface area contributed by atoms with Gasteiger partial charge < -0.3 is 15.0 Å². The number of ether oxygens (including phenoxy) is 1. The van der Waals surface area contributed by atoms with Crippen LogP contribution in [0.2, 0.25) is 0 Å². The Morgan fingerprint density at radius 1 is 1.19 bits per heavy atom. The Morgan fingerprint density at radius 3 is 2.48 bits per heavy atom. The molecule has 0 saturated heterocycles. The van der Waals surface area contributed by atoms with Gasteiger partial charge in [-0.05, 0) is 31.0 Å². The van der Waals surface area contributed by atoms with E-state index in [9.17, 15) is 0 Å². The summed E-state index contributed by atoms with van der Waals surface area (Å²) in [6, 6.07) is 11.2. The maximum atomic E-state index is 5.21. The van der Waals surface area contributed by atoms with Gasteiger partial charge >= 0.3 is 0 Å². The molecule has 0 fully saturated rings. The van der Waals surface area contributed by atoms with E-state index in [0.717, 1.165) is 39.2 Å².